The van der Waals surface area contributed by atoms with E-state index in [9.17, 15) is 0 Å². The molecule has 6 nitrogen and oxygen atoms in total. The number of hydrogen-bond acceptors (Lipinski definition) is 6. The first kappa shape index (κ1) is 18.3. The maximum absolute atomic E-state index is 5.74. The zero-order chi connectivity index (χ0) is 14.9. The molecule has 0 heterocycles. The first-order valence-electron chi connectivity index (χ1n) is 4.02. The Hall–Kier alpha value is -0.743. The van der Waals surface area contributed by atoms with Gasteiger partial charge in [0.15, 0.2) is 0 Å². The molecule has 0 aliphatic heterocycles. The van der Waals surface area contributed by atoms with Crippen molar-refractivity contribution in [1.29, 1.82) is 0 Å². The predicted octanol–water partition coefficient (Wildman–Crippen LogP) is 3.64. The van der Waals surface area contributed by atoms with E-state index in [0.717, 1.165) is 0 Å². The van der Waals surface area contributed by atoms with Gasteiger partial charge >= 0.3 is 143 Å². The molecule has 19 heavy (non-hydrogen) atoms. The van der Waals surface area contributed by atoms with Gasteiger partial charge in [-0.05, 0) is 0 Å². The van der Waals surface area contributed by atoms with Crippen LogP contribution in [0.25, 0.3) is 27.1 Å². The summed E-state index contributed by atoms with van der Waals surface area (Å²) < 4.78 is 23.1. The fraction of sp³-hybridized carbons (Fsp3) is 0. The number of thiol groups is 6. The minimum absolute atomic E-state index is 2.16. The van der Waals surface area contributed by atoms with Crippen molar-refractivity contribution in [2.24, 2.45) is 0 Å². The fourth-order valence-electron chi connectivity index (χ4n) is 1.05. The Bertz CT molecular complexity index is 593. The van der Waals surface area contributed by atoms with Gasteiger partial charge in [0.2, 0.25) is 0 Å². The number of nitrogens with zero attached hydrogens (tertiary/aromatic N) is 6. The second kappa shape index (κ2) is 6.62. The third kappa shape index (κ3) is 3.23. The van der Waals surface area contributed by atoms with E-state index in [4.69, 9.17) is 0 Å². The zero-order valence-corrected chi connectivity index (χ0v) is 15.2. The molecule has 0 aliphatic rings. The third-order valence-electron chi connectivity index (χ3n) is 1.80. The quantitative estimate of drug-likeness (QED) is 0.210. The Labute approximate surface area is 142 Å². The molecular formula is C6H6N6S6Si+4. The van der Waals surface area contributed by atoms with Crippen molar-refractivity contribution in [2.45, 2.75) is 0 Å². The molecular weight excluding hydrogens is 377 g/mol. The van der Waals surface area contributed by atoms with Crippen LogP contribution in [0.1, 0.15) is 0 Å². The molecule has 0 amide bonds. The molecule has 0 saturated heterocycles. The van der Waals surface area contributed by atoms with Crippen molar-refractivity contribution in [2.75, 3.05) is 0 Å². The van der Waals surface area contributed by atoms with Gasteiger partial charge in [0.1, 0.15) is 0 Å². The second-order valence-corrected chi connectivity index (χ2v) is 8.31. The van der Waals surface area contributed by atoms with Crippen LogP contribution < -0.4 is 0 Å². The van der Waals surface area contributed by atoms with Crippen LogP contribution in [0.5, 0.6) is 0 Å². The van der Waals surface area contributed by atoms with Crippen LogP contribution >= 0.6 is 75.8 Å². The first-order valence-corrected chi connectivity index (χ1v) is 9.39. The Morgan fingerprint density at radius 3 is 0.684 bits per heavy atom. The van der Waals surface area contributed by atoms with Crippen LogP contribution in [0.15, 0.2) is 0 Å². The van der Waals surface area contributed by atoms with Gasteiger partial charge in [0.05, 0.1) is 0 Å². The van der Waals surface area contributed by atoms with E-state index in [-0.39, 0.29) is 0 Å². The molecule has 0 unspecified atom stereocenters. The van der Waals surface area contributed by atoms with E-state index in [1.807, 2.05) is 0 Å². The summed E-state index contributed by atoms with van der Waals surface area (Å²) >= 11 is 22.5. The summed E-state index contributed by atoms with van der Waals surface area (Å²) in [5.41, 5.74) is 0. The molecule has 13 heteroatoms. The molecule has 0 rings (SSSR count). The Kier molecular flexibility index (Phi) is 6.36. The molecule has 0 aromatic carbocycles. The van der Waals surface area contributed by atoms with E-state index >= 15 is 0 Å². The van der Waals surface area contributed by atoms with Gasteiger partial charge in [0, 0.05) is 0 Å². The van der Waals surface area contributed by atoms with Crippen LogP contribution in [0.4, 0.5) is 0 Å². The third-order valence-corrected chi connectivity index (χ3v) is 7.20. The van der Waals surface area contributed by atoms with Gasteiger partial charge in [0.25, 0.3) is 0 Å². The maximum atomic E-state index is 3.85. The van der Waals surface area contributed by atoms with Gasteiger partial charge in [-0.1, -0.05) is 0 Å². The molecule has 0 spiro atoms. The summed E-state index contributed by atoms with van der Waals surface area (Å²) in [6, 6.07) is 0. The summed E-state index contributed by atoms with van der Waals surface area (Å²) in [7, 11) is -5.74. The van der Waals surface area contributed by atoms with E-state index in [0.29, 0.717) is 0 Å². The summed E-state index contributed by atoms with van der Waals surface area (Å²) in [6.07, 6.45) is 0. The summed E-state index contributed by atoms with van der Waals surface area (Å²) in [4.78, 5) is 0. The minimum atomic E-state index is -5.74. The van der Waals surface area contributed by atoms with E-state index < -0.39 is 7.60 Å². The second-order valence-electron chi connectivity index (χ2n) is 2.77. The van der Waals surface area contributed by atoms with Gasteiger partial charge in [-0.3, -0.25) is 0 Å². The van der Waals surface area contributed by atoms with Gasteiger partial charge in [-0.25, -0.2) is 0 Å². The molecule has 0 aromatic heterocycles. The monoisotopic (exact) mass is 382 g/mol. The molecule has 0 saturated carbocycles. The van der Waals surface area contributed by atoms with Crippen LogP contribution in [0.2, 0.25) is 0 Å². The molecule has 96 valence electrons. The average molecular weight is 383 g/mol. The van der Waals surface area contributed by atoms with Crippen LogP contribution in [0.3, 0.4) is 0 Å². The average Bonchev–Trinajstić information content (AvgIpc) is 2.31. The molecule has 0 aliphatic carbocycles. The van der Waals surface area contributed by atoms with Crippen molar-refractivity contribution in [3.05, 3.63) is 27.1 Å². The van der Waals surface area contributed by atoms with Crippen molar-refractivity contribution in [3.63, 3.8) is 0 Å². The van der Waals surface area contributed by atoms with Crippen molar-refractivity contribution in [1.82, 2.24) is 0 Å². The number of hydrogen-bond donors (Lipinski definition) is 6. The molecule has 0 aromatic rings. The van der Waals surface area contributed by atoms with E-state index in [1.165, 1.54) is 0 Å². The number of rotatable bonds is 0. The van der Waals surface area contributed by atoms with E-state index in [2.05, 4.69) is 135 Å². The van der Waals surface area contributed by atoms with Crippen LogP contribution in [-0.2, 0) is 0 Å². The Morgan fingerprint density at radius 2 is 0.579 bits per heavy atom. The molecule has 0 bridgehead atoms. The van der Waals surface area contributed by atoms with Crippen molar-refractivity contribution >= 4 is 83.4 Å². The van der Waals surface area contributed by atoms with Crippen LogP contribution in [-0.4, -0.2) is 7.60 Å². The fourth-order valence-corrected chi connectivity index (χ4v) is 7.16. The summed E-state index contributed by atoms with van der Waals surface area (Å²) in [5.74, 6) is 0. The summed E-state index contributed by atoms with van der Waals surface area (Å²) in [6.45, 7) is 0. The molecule has 0 radical (unpaired) electrons. The zero-order valence-electron chi connectivity index (χ0n) is 8.87. The Morgan fingerprint density at radius 1 is 0.421 bits per heavy atom. The molecule has 0 fully saturated rings. The van der Waals surface area contributed by atoms with E-state index in [1.54, 1.807) is 0 Å². The summed E-state index contributed by atoms with van der Waals surface area (Å²) in [5, 5.41) is 13.0. The SMILES string of the molecule is SC#[N+][Si-2]([N+]#CS)([N+]#CS)([N+]#CS)([N+]#CS)[N+]#CS. The van der Waals surface area contributed by atoms with Crippen molar-refractivity contribution in [3.8, 4) is 32.4 Å². The number of thiocyanates is 6. The topological polar surface area (TPSA) is 26.2 Å². The molecule has 0 atom stereocenters. The normalized spacial score (nSPS) is 11.1. The predicted molar refractivity (Wildman–Crippen MR) is 103 cm³/mol. The molecule has 0 N–H and O–H groups in total. The van der Waals surface area contributed by atoms with Gasteiger partial charge in [-0.2, -0.15) is 0 Å². The Balaban J connectivity index is 7.68. The van der Waals surface area contributed by atoms with Gasteiger partial charge in [-0.15, -0.1) is 0 Å². The standard InChI is InChI=1S/C6H6N6S6Si/c13-1-7-19(8-2-14,9-3-15,10-4-16,11-5-17)12-6-18/h13-18H/q+4. The van der Waals surface area contributed by atoms with Gasteiger partial charge < -0.3 is 0 Å². The van der Waals surface area contributed by atoms with Crippen LogP contribution in [0, 0.1) is 32.4 Å². The van der Waals surface area contributed by atoms with Crippen molar-refractivity contribution < 1.29 is 0 Å². The first-order chi connectivity index (χ1) is 8.97.